The van der Waals surface area contributed by atoms with Gasteiger partial charge in [-0.2, -0.15) is 0 Å². The third kappa shape index (κ3) is 4.03. The van der Waals surface area contributed by atoms with Crippen molar-refractivity contribution in [1.29, 1.82) is 0 Å². The van der Waals surface area contributed by atoms with Gasteiger partial charge in [-0.1, -0.05) is 32.0 Å². The fraction of sp³-hybridized carbons (Fsp3) is 0.696. The van der Waals surface area contributed by atoms with Crippen LogP contribution >= 0.6 is 0 Å². The summed E-state index contributed by atoms with van der Waals surface area (Å²) in [7, 11) is 1.61. The molecule has 6 heteroatoms. The van der Waals surface area contributed by atoms with E-state index in [1.54, 1.807) is 7.11 Å². The van der Waals surface area contributed by atoms with Crippen molar-refractivity contribution in [2.24, 2.45) is 22.7 Å². The number of aliphatic hydroxyl groups is 3. The molecule has 4 N–H and O–H groups in total. The van der Waals surface area contributed by atoms with Gasteiger partial charge in [-0.3, -0.25) is 4.79 Å². The van der Waals surface area contributed by atoms with Crippen molar-refractivity contribution in [2.45, 2.75) is 64.7 Å². The Morgan fingerprint density at radius 1 is 1.21 bits per heavy atom. The smallest absolute Gasteiger partial charge is 0.220 e. The Balaban J connectivity index is 1.72. The van der Waals surface area contributed by atoms with Gasteiger partial charge in [0.1, 0.15) is 5.75 Å². The van der Waals surface area contributed by atoms with Crippen molar-refractivity contribution < 1.29 is 24.9 Å². The van der Waals surface area contributed by atoms with Gasteiger partial charge in [0, 0.05) is 23.9 Å². The molecule has 0 aromatic heterocycles. The van der Waals surface area contributed by atoms with Crippen LogP contribution in [0.5, 0.6) is 5.75 Å². The first-order chi connectivity index (χ1) is 13.8. The first-order valence-corrected chi connectivity index (χ1v) is 10.6. The average Bonchev–Trinajstić information content (AvgIpc) is 2.72. The van der Waals surface area contributed by atoms with E-state index in [0.29, 0.717) is 19.4 Å². The Morgan fingerprint density at radius 2 is 1.93 bits per heavy atom. The number of amides is 1. The quantitative estimate of drug-likeness (QED) is 0.582. The highest BCUT2D eigenvalue weighted by Crippen LogP contribution is 2.60. The van der Waals surface area contributed by atoms with Gasteiger partial charge in [-0.05, 0) is 49.0 Å². The molecule has 2 fully saturated rings. The van der Waals surface area contributed by atoms with Crippen LogP contribution in [0.1, 0.15) is 51.5 Å². The van der Waals surface area contributed by atoms with E-state index in [-0.39, 0.29) is 36.2 Å². The van der Waals surface area contributed by atoms with Crippen LogP contribution < -0.4 is 10.1 Å². The standard InChI is InChI=1S/C23H35NO5/c1-22-11-10-20(27)23(2,14-25)19(22)9-8-17(26)16(22)12-21(28)24-13-15-6-4-5-7-18(15)29-3/h4-7,16-17,19-20,25-27H,8-14H2,1-3H3,(H,24,28). The Morgan fingerprint density at radius 3 is 2.62 bits per heavy atom. The number of carbonyl (C=O) groups excluding carboxylic acids is 1. The number of nitrogens with one attached hydrogen (secondary N) is 1. The third-order valence-electron chi connectivity index (χ3n) is 7.79. The van der Waals surface area contributed by atoms with Gasteiger partial charge in [-0.25, -0.2) is 0 Å². The van der Waals surface area contributed by atoms with Crippen molar-refractivity contribution in [2.75, 3.05) is 13.7 Å². The zero-order chi connectivity index (χ0) is 21.2. The molecule has 6 nitrogen and oxygen atoms in total. The second-order valence-corrected chi connectivity index (χ2v) is 9.32. The van der Waals surface area contributed by atoms with Crippen LogP contribution in [0, 0.1) is 22.7 Å². The summed E-state index contributed by atoms with van der Waals surface area (Å²) in [6.07, 6.45) is 1.80. The molecule has 2 aliphatic carbocycles. The van der Waals surface area contributed by atoms with Crippen molar-refractivity contribution in [3.63, 3.8) is 0 Å². The second kappa shape index (κ2) is 8.62. The molecule has 0 spiro atoms. The maximum absolute atomic E-state index is 12.8. The summed E-state index contributed by atoms with van der Waals surface area (Å²) in [6.45, 7) is 4.35. The SMILES string of the molecule is COc1ccccc1CNC(=O)CC1C(O)CCC2C(C)(CO)C(O)CCC12C. The molecule has 0 bridgehead atoms. The number of aliphatic hydroxyl groups excluding tert-OH is 3. The Labute approximate surface area is 173 Å². The maximum Gasteiger partial charge on any atom is 0.220 e. The molecule has 1 aromatic rings. The highest BCUT2D eigenvalue weighted by molar-refractivity contribution is 5.76. The Bertz CT molecular complexity index is 725. The van der Waals surface area contributed by atoms with Crippen molar-refractivity contribution in [3.8, 4) is 5.75 Å². The lowest BCUT2D eigenvalue weighted by atomic mass is 9.46. The highest BCUT2D eigenvalue weighted by Gasteiger charge is 2.58. The lowest BCUT2D eigenvalue weighted by Crippen LogP contribution is -2.60. The molecular formula is C23H35NO5. The van der Waals surface area contributed by atoms with Gasteiger partial charge in [0.2, 0.25) is 5.91 Å². The van der Waals surface area contributed by atoms with Crippen LogP contribution in [0.25, 0.3) is 0 Å². The second-order valence-electron chi connectivity index (χ2n) is 9.32. The van der Waals surface area contributed by atoms with E-state index >= 15 is 0 Å². The van der Waals surface area contributed by atoms with E-state index in [4.69, 9.17) is 4.74 Å². The fourth-order valence-corrected chi connectivity index (χ4v) is 5.92. The molecule has 6 unspecified atom stereocenters. The number of hydrogen-bond acceptors (Lipinski definition) is 5. The average molecular weight is 406 g/mol. The monoisotopic (exact) mass is 405 g/mol. The van der Waals surface area contributed by atoms with E-state index in [1.807, 2.05) is 31.2 Å². The third-order valence-corrected chi connectivity index (χ3v) is 7.79. The molecule has 29 heavy (non-hydrogen) atoms. The number of rotatable bonds is 6. The molecule has 2 aliphatic rings. The molecule has 0 saturated heterocycles. The summed E-state index contributed by atoms with van der Waals surface area (Å²) in [5.74, 6) is 0.507. The number of carbonyl (C=O) groups is 1. The minimum absolute atomic E-state index is 0.0687. The summed E-state index contributed by atoms with van der Waals surface area (Å²) in [6, 6.07) is 7.57. The molecule has 0 aliphatic heterocycles. The molecular weight excluding hydrogens is 370 g/mol. The number of para-hydroxylation sites is 1. The summed E-state index contributed by atoms with van der Waals surface area (Å²) >= 11 is 0. The van der Waals surface area contributed by atoms with E-state index in [1.165, 1.54) is 0 Å². The molecule has 162 valence electrons. The fourth-order valence-electron chi connectivity index (χ4n) is 5.92. The van der Waals surface area contributed by atoms with Gasteiger partial charge in [0.25, 0.3) is 0 Å². The zero-order valence-electron chi connectivity index (χ0n) is 17.7. The summed E-state index contributed by atoms with van der Waals surface area (Å²) in [4.78, 5) is 12.8. The number of hydrogen-bond donors (Lipinski definition) is 4. The predicted octanol–water partition coefficient (Wildman–Crippen LogP) is 2.25. The van der Waals surface area contributed by atoms with Gasteiger partial charge in [0.15, 0.2) is 0 Å². The molecule has 3 rings (SSSR count). The van der Waals surface area contributed by atoms with Crippen LogP contribution in [-0.4, -0.2) is 47.2 Å². The predicted molar refractivity (Wildman–Crippen MR) is 110 cm³/mol. The normalized spacial score (nSPS) is 36.9. The van der Waals surface area contributed by atoms with Crippen LogP contribution in [0.2, 0.25) is 0 Å². The largest absolute Gasteiger partial charge is 0.496 e. The summed E-state index contributed by atoms with van der Waals surface area (Å²) in [5, 5.41) is 34.4. The Kier molecular flexibility index (Phi) is 6.56. The summed E-state index contributed by atoms with van der Waals surface area (Å²) < 4.78 is 5.34. The van der Waals surface area contributed by atoms with Crippen molar-refractivity contribution >= 4 is 5.91 Å². The number of fused-ring (bicyclic) bond motifs is 1. The molecule has 0 radical (unpaired) electrons. The molecule has 2 saturated carbocycles. The first-order valence-electron chi connectivity index (χ1n) is 10.6. The lowest BCUT2D eigenvalue weighted by Gasteiger charge is -2.60. The van der Waals surface area contributed by atoms with Crippen LogP contribution in [0.15, 0.2) is 24.3 Å². The van der Waals surface area contributed by atoms with Crippen molar-refractivity contribution in [1.82, 2.24) is 5.32 Å². The van der Waals surface area contributed by atoms with Gasteiger partial charge in [0.05, 0.1) is 25.9 Å². The number of ether oxygens (including phenoxy) is 1. The maximum atomic E-state index is 12.8. The minimum atomic E-state index is -0.598. The lowest BCUT2D eigenvalue weighted by molar-refractivity contribution is -0.185. The van der Waals surface area contributed by atoms with Crippen LogP contribution in [0.4, 0.5) is 0 Å². The molecule has 6 atom stereocenters. The minimum Gasteiger partial charge on any atom is -0.496 e. The van der Waals surface area contributed by atoms with Gasteiger partial charge in [-0.15, -0.1) is 0 Å². The first kappa shape index (κ1) is 22.1. The molecule has 1 aromatic carbocycles. The Hall–Kier alpha value is -1.63. The van der Waals surface area contributed by atoms with E-state index in [0.717, 1.165) is 24.2 Å². The summed E-state index contributed by atoms with van der Waals surface area (Å²) in [5.41, 5.74) is 0.0142. The molecule has 0 heterocycles. The van der Waals surface area contributed by atoms with Gasteiger partial charge < -0.3 is 25.4 Å². The van der Waals surface area contributed by atoms with Crippen LogP contribution in [0.3, 0.4) is 0 Å². The zero-order valence-corrected chi connectivity index (χ0v) is 17.7. The van der Waals surface area contributed by atoms with E-state index in [2.05, 4.69) is 12.2 Å². The molecule has 1 amide bonds. The number of benzene rings is 1. The van der Waals surface area contributed by atoms with E-state index in [9.17, 15) is 20.1 Å². The van der Waals surface area contributed by atoms with Crippen LogP contribution in [-0.2, 0) is 11.3 Å². The highest BCUT2D eigenvalue weighted by atomic mass is 16.5. The van der Waals surface area contributed by atoms with Crippen molar-refractivity contribution in [3.05, 3.63) is 29.8 Å². The van der Waals surface area contributed by atoms with Gasteiger partial charge >= 0.3 is 0 Å². The topological polar surface area (TPSA) is 99.0 Å². The van der Waals surface area contributed by atoms with E-state index < -0.39 is 17.6 Å². The number of methoxy groups -OCH3 is 1.